The van der Waals surface area contributed by atoms with Crippen LogP contribution in [0, 0.1) is 0 Å². The second-order valence-corrected chi connectivity index (χ2v) is 2.56. The normalized spacial score (nSPS) is 10.5. The Kier molecular flexibility index (Phi) is 3.69. The number of hydrogen-bond acceptors (Lipinski definition) is 4. The Morgan fingerprint density at radius 3 is 2.92 bits per heavy atom. The van der Waals surface area contributed by atoms with Gasteiger partial charge in [0, 0.05) is 13.2 Å². The van der Waals surface area contributed by atoms with Crippen molar-refractivity contribution < 1.29 is 5.11 Å². The Balaban J connectivity index is 2.31. The Morgan fingerprint density at radius 1 is 1.50 bits per heavy atom. The van der Waals surface area contributed by atoms with Crippen molar-refractivity contribution in [2.45, 2.75) is 25.9 Å². The minimum atomic E-state index is 0.235. The lowest BCUT2D eigenvalue weighted by Gasteiger charge is -1.97. The maximum Gasteiger partial charge on any atom is 0.164 e. The minimum Gasteiger partial charge on any atom is -0.396 e. The molecule has 0 bridgehead atoms. The number of nitrogens with two attached hydrogens (primary N) is 1. The fourth-order valence-electron chi connectivity index (χ4n) is 0.920. The van der Waals surface area contributed by atoms with Crippen LogP contribution in [0.15, 0.2) is 6.33 Å². The molecule has 0 aliphatic heterocycles. The lowest BCUT2D eigenvalue weighted by molar-refractivity contribution is 0.280. The molecule has 0 saturated carbocycles. The molecule has 0 aliphatic carbocycles. The fourth-order valence-corrected chi connectivity index (χ4v) is 0.920. The van der Waals surface area contributed by atoms with Crippen LogP contribution in [-0.2, 0) is 13.1 Å². The van der Waals surface area contributed by atoms with E-state index in [0.29, 0.717) is 12.4 Å². The van der Waals surface area contributed by atoms with Gasteiger partial charge >= 0.3 is 0 Å². The maximum absolute atomic E-state index is 8.53. The third kappa shape index (κ3) is 2.60. The molecule has 3 N–H and O–H groups in total. The van der Waals surface area contributed by atoms with Crippen molar-refractivity contribution in [3.63, 3.8) is 0 Å². The van der Waals surface area contributed by atoms with Crippen molar-refractivity contribution >= 4 is 0 Å². The number of unbranched alkanes of at least 4 members (excludes halogenated alkanes) is 1. The predicted octanol–water partition coefficient (Wildman–Crippen LogP) is -0.491. The van der Waals surface area contributed by atoms with Gasteiger partial charge in [0.2, 0.25) is 0 Å². The van der Waals surface area contributed by atoms with Crippen molar-refractivity contribution in [3.8, 4) is 0 Å². The van der Waals surface area contributed by atoms with Gasteiger partial charge in [-0.3, -0.25) is 4.68 Å². The average molecular weight is 170 g/mol. The summed E-state index contributed by atoms with van der Waals surface area (Å²) in [7, 11) is 0. The van der Waals surface area contributed by atoms with Gasteiger partial charge in [-0.05, 0) is 12.8 Å². The fraction of sp³-hybridized carbons (Fsp3) is 0.714. The third-order valence-corrected chi connectivity index (χ3v) is 1.56. The molecule has 1 aromatic heterocycles. The molecule has 12 heavy (non-hydrogen) atoms. The number of hydrogen-bond donors (Lipinski definition) is 2. The van der Waals surface area contributed by atoms with Crippen LogP contribution in [0.5, 0.6) is 0 Å². The van der Waals surface area contributed by atoms with E-state index < -0.39 is 0 Å². The molecule has 0 spiro atoms. The van der Waals surface area contributed by atoms with E-state index in [1.54, 1.807) is 11.0 Å². The summed E-state index contributed by atoms with van der Waals surface area (Å²) in [6.45, 7) is 1.42. The van der Waals surface area contributed by atoms with Gasteiger partial charge in [0.25, 0.3) is 0 Å². The van der Waals surface area contributed by atoms with E-state index in [1.165, 1.54) is 0 Å². The van der Waals surface area contributed by atoms with Gasteiger partial charge in [0.15, 0.2) is 5.82 Å². The largest absolute Gasteiger partial charge is 0.396 e. The monoisotopic (exact) mass is 170 g/mol. The SMILES string of the molecule is NCc1ncn(CCCCO)n1. The second-order valence-electron chi connectivity index (χ2n) is 2.56. The highest BCUT2D eigenvalue weighted by Crippen LogP contribution is 1.93. The first-order chi connectivity index (χ1) is 5.86. The van der Waals surface area contributed by atoms with Crippen LogP contribution in [0.4, 0.5) is 0 Å². The van der Waals surface area contributed by atoms with Crippen molar-refractivity contribution in [2.24, 2.45) is 5.73 Å². The number of aliphatic hydroxyl groups excluding tert-OH is 1. The van der Waals surface area contributed by atoms with Crippen molar-refractivity contribution in [1.82, 2.24) is 14.8 Å². The molecular weight excluding hydrogens is 156 g/mol. The lowest BCUT2D eigenvalue weighted by Crippen LogP contribution is -2.03. The van der Waals surface area contributed by atoms with Gasteiger partial charge < -0.3 is 10.8 Å². The number of aryl methyl sites for hydroxylation is 1. The zero-order valence-electron chi connectivity index (χ0n) is 6.98. The summed E-state index contributed by atoms with van der Waals surface area (Å²) in [5, 5.41) is 12.6. The molecule has 5 heteroatoms. The van der Waals surface area contributed by atoms with Gasteiger partial charge in [-0.2, -0.15) is 5.10 Å². The Hall–Kier alpha value is -0.940. The van der Waals surface area contributed by atoms with Crippen LogP contribution in [0.25, 0.3) is 0 Å². The summed E-state index contributed by atoms with van der Waals surface area (Å²) in [5.41, 5.74) is 5.34. The van der Waals surface area contributed by atoms with E-state index in [-0.39, 0.29) is 6.61 Å². The van der Waals surface area contributed by atoms with E-state index in [9.17, 15) is 0 Å². The molecule has 68 valence electrons. The van der Waals surface area contributed by atoms with Crippen molar-refractivity contribution in [3.05, 3.63) is 12.2 Å². The summed E-state index contributed by atoms with van der Waals surface area (Å²) in [4.78, 5) is 3.98. The second kappa shape index (κ2) is 4.84. The van der Waals surface area contributed by atoms with Crippen molar-refractivity contribution in [2.75, 3.05) is 6.61 Å². The molecule has 0 aromatic carbocycles. The third-order valence-electron chi connectivity index (χ3n) is 1.56. The van der Waals surface area contributed by atoms with Crippen LogP contribution >= 0.6 is 0 Å². The van der Waals surface area contributed by atoms with E-state index in [1.807, 2.05) is 0 Å². The first-order valence-electron chi connectivity index (χ1n) is 4.06. The van der Waals surface area contributed by atoms with Gasteiger partial charge in [-0.25, -0.2) is 4.98 Å². The molecule has 0 unspecified atom stereocenters. The van der Waals surface area contributed by atoms with Crippen LogP contribution in [-0.4, -0.2) is 26.5 Å². The molecule has 0 fully saturated rings. The predicted molar refractivity (Wildman–Crippen MR) is 44.2 cm³/mol. The highest BCUT2D eigenvalue weighted by Gasteiger charge is 1.96. The standard InChI is InChI=1S/C7H14N4O/c8-5-7-9-6-11(10-7)3-1-2-4-12/h6,12H,1-5,8H2. The molecule has 0 aliphatic rings. The molecule has 0 saturated heterocycles. The van der Waals surface area contributed by atoms with Gasteiger partial charge in [-0.15, -0.1) is 0 Å². The first kappa shape index (κ1) is 9.15. The topological polar surface area (TPSA) is 77.0 Å². The summed E-state index contributed by atoms with van der Waals surface area (Å²) in [6.07, 6.45) is 3.39. The zero-order chi connectivity index (χ0) is 8.81. The first-order valence-corrected chi connectivity index (χ1v) is 4.06. The summed E-state index contributed by atoms with van der Waals surface area (Å²) >= 11 is 0. The highest BCUT2D eigenvalue weighted by molar-refractivity contribution is 4.78. The van der Waals surface area contributed by atoms with Crippen LogP contribution < -0.4 is 5.73 Å². The van der Waals surface area contributed by atoms with Gasteiger partial charge in [0.1, 0.15) is 6.33 Å². The van der Waals surface area contributed by atoms with Crippen molar-refractivity contribution in [1.29, 1.82) is 0 Å². The molecule has 1 aromatic rings. The smallest absolute Gasteiger partial charge is 0.164 e. The Morgan fingerprint density at radius 2 is 2.33 bits per heavy atom. The summed E-state index contributed by atoms with van der Waals surface area (Å²) in [6, 6.07) is 0. The quantitative estimate of drug-likeness (QED) is 0.584. The van der Waals surface area contributed by atoms with Crippen LogP contribution in [0.3, 0.4) is 0 Å². The molecule has 0 radical (unpaired) electrons. The van der Waals surface area contributed by atoms with E-state index in [2.05, 4.69) is 10.1 Å². The number of rotatable bonds is 5. The van der Waals surface area contributed by atoms with E-state index in [4.69, 9.17) is 10.8 Å². The summed E-state index contributed by atoms with van der Waals surface area (Å²) in [5.74, 6) is 0.666. The number of aliphatic hydroxyl groups is 1. The number of aromatic nitrogens is 3. The lowest BCUT2D eigenvalue weighted by atomic mass is 10.3. The van der Waals surface area contributed by atoms with Crippen LogP contribution in [0.2, 0.25) is 0 Å². The molecular formula is C7H14N4O. The number of nitrogens with zero attached hydrogens (tertiary/aromatic N) is 3. The Labute approximate surface area is 71.2 Å². The molecule has 5 nitrogen and oxygen atoms in total. The molecule has 0 amide bonds. The zero-order valence-corrected chi connectivity index (χ0v) is 6.98. The molecule has 1 heterocycles. The minimum absolute atomic E-state index is 0.235. The highest BCUT2D eigenvalue weighted by atomic mass is 16.2. The average Bonchev–Trinajstić information content (AvgIpc) is 2.53. The van der Waals surface area contributed by atoms with Crippen LogP contribution in [0.1, 0.15) is 18.7 Å². The summed E-state index contributed by atoms with van der Waals surface area (Å²) < 4.78 is 1.75. The Bertz CT molecular complexity index is 223. The van der Waals surface area contributed by atoms with E-state index in [0.717, 1.165) is 19.4 Å². The van der Waals surface area contributed by atoms with E-state index >= 15 is 0 Å². The molecule has 1 rings (SSSR count). The molecule has 0 atom stereocenters. The van der Waals surface area contributed by atoms with Gasteiger partial charge in [0.05, 0.1) is 6.54 Å². The maximum atomic E-state index is 8.53. The van der Waals surface area contributed by atoms with Gasteiger partial charge in [-0.1, -0.05) is 0 Å².